The van der Waals surface area contributed by atoms with Crippen LogP contribution in [-0.2, 0) is 0 Å². The van der Waals surface area contributed by atoms with Gasteiger partial charge in [-0.15, -0.1) is 0 Å². The van der Waals surface area contributed by atoms with Crippen LogP contribution in [0.4, 0.5) is 0 Å². The SMILES string of the molecule is O=C(O)c1ccc(C(=O)NC/C(Cl)=C/Cl)cc1. The summed E-state index contributed by atoms with van der Waals surface area (Å²) < 4.78 is 0. The minimum atomic E-state index is -1.04. The van der Waals surface area contributed by atoms with E-state index in [1.807, 2.05) is 0 Å². The molecule has 0 radical (unpaired) electrons. The van der Waals surface area contributed by atoms with Gasteiger partial charge in [-0.05, 0) is 24.3 Å². The largest absolute Gasteiger partial charge is 0.478 e. The van der Waals surface area contributed by atoms with Gasteiger partial charge in [-0.1, -0.05) is 23.2 Å². The van der Waals surface area contributed by atoms with Crippen LogP contribution >= 0.6 is 23.2 Å². The lowest BCUT2D eigenvalue weighted by atomic mass is 10.1. The van der Waals surface area contributed by atoms with Gasteiger partial charge in [0.1, 0.15) is 0 Å². The zero-order valence-corrected chi connectivity index (χ0v) is 10.1. The van der Waals surface area contributed by atoms with Crippen LogP contribution in [0.1, 0.15) is 20.7 Å². The van der Waals surface area contributed by atoms with Gasteiger partial charge in [0.15, 0.2) is 0 Å². The van der Waals surface area contributed by atoms with Crippen molar-refractivity contribution in [2.24, 2.45) is 0 Å². The Labute approximate surface area is 108 Å². The summed E-state index contributed by atoms with van der Waals surface area (Å²) in [5.41, 5.74) is 1.64. The molecule has 0 unspecified atom stereocenters. The van der Waals surface area contributed by atoms with Crippen molar-refractivity contribution in [2.75, 3.05) is 6.54 Å². The third-order valence-electron chi connectivity index (χ3n) is 1.93. The van der Waals surface area contributed by atoms with E-state index in [4.69, 9.17) is 28.3 Å². The lowest BCUT2D eigenvalue weighted by Gasteiger charge is -2.04. The van der Waals surface area contributed by atoms with E-state index in [1.54, 1.807) is 0 Å². The van der Waals surface area contributed by atoms with Crippen molar-refractivity contribution in [3.05, 3.63) is 46.0 Å². The molecule has 17 heavy (non-hydrogen) atoms. The molecule has 1 aromatic rings. The van der Waals surface area contributed by atoms with E-state index in [1.165, 1.54) is 24.3 Å². The Morgan fingerprint density at radius 3 is 2.24 bits per heavy atom. The number of carboxylic acids is 1. The molecule has 0 saturated heterocycles. The Balaban J connectivity index is 2.67. The van der Waals surface area contributed by atoms with E-state index in [0.29, 0.717) is 10.6 Å². The first-order chi connectivity index (χ1) is 8.04. The predicted octanol–water partition coefficient (Wildman–Crippen LogP) is 2.43. The van der Waals surface area contributed by atoms with Crippen LogP contribution in [-0.4, -0.2) is 23.5 Å². The van der Waals surface area contributed by atoms with E-state index in [2.05, 4.69) is 5.32 Å². The minimum Gasteiger partial charge on any atom is -0.478 e. The van der Waals surface area contributed by atoms with Crippen molar-refractivity contribution in [1.29, 1.82) is 0 Å². The summed E-state index contributed by atoms with van der Waals surface area (Å²) in [7, 11) is 0. The summed E-state index contributed by atoms with van der Waals surface area (Å²) in [6.45, 7) is 0.130. The topological polar surface area (TPSA) is 66.4 Å². The average molecular weight is 274 g/mol. The number of aromatic carboxylic acids is 1. The molecule has 0 bridgehead atoms. The summed E-state index contributed by atoms with van der Waals surface area (Å²) in [6.07, 6.45) is 0. The highest BCUT2D eigenvalue weighted by Gasteiger charge is 2.07. The molecule has 2 N–H and O–H groups in total. The number of carbonyl (C=O) groups excluding carboxylic acids is 1. The van der Waals surface area contributed by atoms with Crippen molar-refractivity contribution in [1.82, 2.24) is 5.32 Å². The Morgan fingerprint density at radius 2 is 1.76 bits per heavy atom. The smallest absolute Gasteiger partial charge is 0.335 e. The number of hydrogen-bond acceptors (Lipinski definition) is 2. The van der Waals surface area contributed by atoms with Crippen LogP contribution in [0.2, 0.25) is 0 Å². The van der Waals surface area contributed by atoms with Gasteiger partial charge in [0, 0.05) is 16.1 Å². The standard InChI is InChI=1S/C11H9Cl2NO3/c12-5-9(13)6-14-10(15)7-1-3-8(4-2-7)11(16)17/h1-5H,6H2,(H,14,15)(H,16,17)/b9-5-. The Hall–Kier alpha value is -1.52. The van der Waals surface area contributed by atoms with Gasteiger partial charge in [0.25, 0.3) is 5.91 Å². The number of rotatable bonds is 4. The number of amides is 1. The normalized spacial score (nSPS) is 11.1. The van der Waals surface area contributed by atoms with E-state index in [9.17, 15) is 9.59 Å². The third kappa shape index (κ3) is 4.09. The van der Waals surface area contributed by atoms with Gasteiger partial charge in [0.05, 0.1) is 12.1 Å². The highest BCUT2D eigenvalue weighted by molar-refractivity contribution is 6.36. The first-order valence-corrected chi connectivity index (χ1v) is 5.42. The quantitative estimate of drug-likeness (QED) is 0.886. The number of hydrogen-bond donors (Lipinski definition) is 2. The van der Waals surface area contributed by atoms with Crippen LogP contribution in [0, 0.1) is 0 Å². The molecule has 0 aliphatic carbocycles. The molecular weight excluding hydrogens is 265 g/mol. The molecule has 1 rings (SSSR count). The van der Waals surface area contributed by atoms with Gasteiger partial charge in [-0.3, -0.25) is 4.79 Å². The minimum absolute atomic E-state index is 0.125. The fourth-order valence-electron chi connectivity index (χ4n) is 1.07. The second-order valence-electron chi connectivity index (χ2n) is 3.12. The molecule has 0 saturated carbocycles. The molecular formula is C11H9Cl2NO3. The highest BCUT2D eigenvalue weighted by Crippen LogP contribution is 2.05. The molecule has 0 aliphatic heterocycles. The van der Waals surface area contributed by atoms with E-state index in [0.717, 1.165) is 5.54 Å². The lowest BCUT2D eigenvalue weighted by molar-refractivity contribution is 0.0696. The Morgan fingerprint density at radius 1 is 1.24 bits per heavy atom. The molecule has 0 fully saturated rings. The first-order valence-electron chi connectivity index (χ1n) is 4.61. The number of halogens is 2. The monoisotopic (exact) mass is 273 g/mol. The molecule has 0 aliphatic rings. The van der Waals surface area contributed by atoms with E-state index < -0.39 is 5.97 Å². The van der Waals surface area contributed by atoms with Crippen LogP contribution in [0.3, 0.4) is 0 Å². The number of carbonyl (C=O) groups is 2. The van der Waals surface area contributed by atoms with Crippen LogP contribution < -0.4 is 5.32 Å². The molecule has 0 atom stereocenters. The zero-order valence-electron chi connectivity index (χ0n) is 8.61. The summed E-state index contributed by atoms with van der Waals surface area (Å²) in [5.74, 6) is -1.39. The zero-order chi connectivity index (χ0) is 12.8. The van der Waals surface area contributed by atoms with Gasteiger partial charge < -0.3 is 10.4 Å². The summed E-state index contributed by atoms with van der Waals surface area (Å²) in [6, 6.07) is 5.57. The summed E-state index contributed by atoms with van der Waals surface area (Å²) in [5, 5.41) is 11.5. The van der Waals surface area contributed by atoms with Gasteiger partial charge in [-0.25, -0.2) is 4.79 Å². The molecule has 4 nitrogen and oxygen atoms in total. The van der Waals surface area contributed by atoms with Gasteiger partial charge in [0.2, 0.25) is 0 Å². The maximum Gasteiger partial charge on any atom is 0.335 e. The molecule has 0 spiro atoms. The highest BCUT2D eigenvalue weighted by atomic mass is 35.5. The average Bonchev–Trinajstić information content (AvgIpc) is 2.35. The number of carboxylic acid groups (broad SMARTS) is 1. The predicted molar refractivity (Wildman–Crippen MR) is 65.5 cm³/mol. The summed E-state index contributed by atoms with van der Waals surface area (Å²) >= 11 is 10.9. The molecule has 0 heterocycles. The number of nitrogens with one attached hydrogen (secondary N) is 1. The van der Waals surface area contributed by atoms with Gasteiger partial charge >= 0.3 is 5.97 Å². The van der Waals surface area contributed by atoms with Gasteiger partial charge in [-0.2, -0.15) is 0 Å². The molecule has 0 aromatic heterocycles. The Bertz CT molecular complexity index is 454. The molecule has 1 amide bonds. The molecule has 90 valence electrons. The lowest BCUT2D eigenvalue weighted by Crippen LogP contribution is -2.24. The maximum atomic E-state index is 11.6. The van der Waals surface area contributed by atoms with Crippen molar-refractivity contribution < 1.29 is 14.7 Å². The van der Waals surface area contributed by atoms with Crippen LogP contribution in [0.25, 0.3) is 0 Å². The maximum absolute atomic E-state index is 11.6. The third-order valence-corrected chi connectivity index (χ3v) is 2.55. The van der Waals surface area contributed by atoms with Crippen molar-refractivity contribution >= 4 is 35.1 Å². The fourth-order valence-corrected chi connectivity index (χ4v) is 1.21. The van der Waals surface area contributed by atoms with Crippen molar-refractivity contribution in [3.63, 3.8) is 0 Å². The van der Waals surface area contributed by atoms with E-state index in [-0.39, 0.29) is 18.0 Å². The second kappa shape index (κ2) is 6.27. The van der Waals surface area contributed by atoms with Crippen molar-refractivity contribution in [2.45, 2.75) is 0 Å². The van der Waals surface area contributed by atoms with Crippen molar-refractivity contribution in [3.8, 4) is 0 Å². The van der Waals surface area contributed by atoms with Crippen LogP contribution in [0.15, 0.2) is 34.8 Å². The molecule has 1 aromatic carbocycles. The summed E-state index contributed by atoms with van der Waals surface area (Å²) in [4.78, 5) is 22.2. The Kier molecular flexibility index (Phi) is 5.00. The fraction of sp³-hybridized carbons (Fsp3) is 0.0909. The van der Waals surface area contributed by atoms with E-state index >= 15 is 0 Å². The second-order valence-corrected chi connectivity index (χ2v) is 3.82. The number of benzene rings is 1. The molecule has 6 heteroatoms. The first kappa shape index (κ1) is 13.5. The van der Waals surface area contributed by atoms with Crippen LogP contribution in [0.5, 0.6) is 0 Å².